The number of ketones is 1. The molecule has 3 nitrogen and oxygen atoms in total. The van der Waals surface area contributed by atoms with Crippen molar-refractivity contribution in [1.29, 1.82) is 0 Å². The van der Waals surface area contributed by atoms with Crippen LogP contribution < -0.4 is 4.74 Å². The van der Waals surface area contributed by atoms with E-state index in [9.17, 15) is 4.79 Å². The number of ether oxygens (including phenoxy) is 1. The van der Waals surface area contributed by atoms with Gasteiger partial charge in [-0.1, -0.05) is 12.1 Å². The first-order chi connectivity index (χ1) is 8.78. The third-order valence-electron chi connectivity index (χ3n) is 3.88. The second-order valence-electron chi connectivity index (χ2n) is 4.93. The first kappa shape index (κ1) is 11.3. The summed E-state index contributed by atoms with van der Waals surface area (Å²) in [6, 6.07) is 7.82. The molecule has 0 unspecified atom stereocenters. The summed E-state index contributed by atoms with van der Waals surface area (Å²) < 4.78 is 5.13. The van der Waals surface area contributed by atoms with E-state index in [-0.39, 0.29) is 5.92 Å². The number of fused-ring (bicyclic) bond motifs is 3. The highest BCUT2D eigenvalue weighted by Gasteiger charge is 2.36. The van der Waals surface area contributed by atoms with Crippen LogP contribution in [0.25, 0.3) is 6.08 Å². The minimum atomic E-state index is 0.263. The normalized spacial score (nSPS) is 21.7. The smallest absolute Gasteiger partial charge is 0.182 e. The van der Waals surface area contributed by atoms with E-state index in [1.54, 1.807) is 7.11 Å². The van der Waals surface area contributed by atoms with Crippen molar-refractivity contribution >= 4 is 11.9 Å². The number of methoxy groups -OCH3 is 1. The van der Waals surface area contributed by atoms with Crippen molar-refractivity contribution in [2.45, 2.75) is 12.8 Å². The Morgan fingerprint density at radius 3 is 2.44 bits per heavy atom. The van der Waals surface area contributed by atoms with E-state index in [1.807, 2.05) is 30.3 Å². The molecule has 1 aromatic carbocycles. The lowest BCUT2D eigenvalue weighted by molar-refractivity contribution is -0.125. The van der Waals surface area contributed by atoms with Crippen molar-refractivity contribution < 1.29 is 9.53 Å². The molecule has 0 saturated carbocycles. The van der Waals surface area contributed by atoms with E-state index in [4.69, 9.17) is 4.74 Å². The van der Waals surface area contributed by atoms with Gasteiger partial charge >= 0.3 is 0 Å². The zero-order valence-corrected chi connectivity index (χ0v) is 10.6. The number of hydrogen-bond acceptors (Lipinski definition) is 3. The molecule has 0 atom stereocenters. The van der Waals surface area contributed by atoms with Gasteiger partial charge in [0.15, 0.2) is 5.78 Å². The maximum atomic E-state index is 12.2. The number of piperidine rings is 3. The fraction of sp³-hybridized carbons (Fsp3) is 0.400. The fourth-order valence-electron chi connectivity index (χ4n) is 2.77. The number of carbonyl (C=O) groups excluding carboxylic acids is 1. The summed E-state index contributed by atoms with van der Waals surface area (Å²) in [7, 11) is 1.66. The van der Waals surface area contributed by atoms with Gasteiger partial charge in [0.1, 0.15) is 5.75 Å². The topological polar surface area (TPSA) is 29.5 Å². The van der Waals surface area contributed by atoms with Crippen LogP contribution in [0.15, 0.2) is 30.0 Å². The Balaban J connectivity index is 1.88. The zero-order valence-electron chi connectivity index (χ0n) is 10.6. The third-order valence-corrected chi connectivity index (χ3v) is 3.88. The molecule has 1 aromatic rings. The molecule has 0 spiro atoms. The van der Waals surface area contributed by atoms with Crippen LogP contribution in [-0.4, -0.2) is 30.9 Å². The Kier molecular flexibility index (Phi) is 2.82. The van der Waals surface area contributed by atoms with Crippen LogP contribution in [0.4, 0.5) is 0 Å². The van der Waals surface area contributed by atoms with Gasteiger partial charge in [-0.05, 0) is 36.6 Å². The summed E-state index contributed by atoms with van der Waals surface area (Å²) in [5, 5.41) is 0. The van der Waals surface area contributed by atoms with E-state index in [0.717, 1.165) is 42.9 Å². The molecule has 18 heavy (non-hydrogen) atoms. The SMILES string of the molecule is COc1ccc(/C=C2/C(=O)C3CCN2CC3)cc1. The molecule has 0 aromatic heterocycles. The number of carbonyl (C=O) groups is 1. The molecule has 3 fully saturated rings. The molecule has 2 bridgehead atoms. The minimum absolute atomic E-state index is 0.263. The maximum absolute atomic E-state index is 12.2. The molecule has 0 aliphatic carbocycles. The van der Waals surface area contributed by atoms with Gasteiger partial charge in [0.25, 0.3) is 0 Å². The van der Waals surface area contributed by atoms with Gasteiger partial charge in [-0.25, -0.2) is 0 Å². The molecule has 4 rings (SSSR count). The molecule has 3 saturated heterocycles. The Hall–Kier alpha value is -1.77. The minimum Gasteiger partial charge on any atom is -0.497 e. The quantitative estimate of drug-likeness (QED) is 0.747. The summed E-state index contributed by atoms with van der Waals surface area (Å²) in [6.45, 7) is 2.05. The van der Waals surface area contributed by atoms with Gasteiger partial charge in [0.2, 0.25) is 0 Å². The second-order valence-corrected chi connectivity index (χ2v) is 4.93. The number of allylic oxidation sites excluding steroid dienone is 1. The number of nitrogens with zero attached hydrogens (tertiary/aromatic N) is 1. The van der Waals surface area contributed by atoms with Gasteiger partial charge in [-0.15, -0.1) is 0 Å². The summed E-state index contributed by atoms with van der Waals surface area (Å²) in [5.41, 5.74) is 1.95. The molecular formula is C15H17NO2. The van der Waals surface area contributed by atoms with Crippen LogP contribution in [-0.2, 0) is 4.79 Å². The maximum Gasteiger partial charge on any atom is 0.182 e. The molecule has 94 valence electrons. The lowest BCUT2D eigenvalue weighted by Gasteiger charge is -2.41. The zero-order chi connectivity index (χ0) is 12.5. The van der Waals surface area contributed by atoms with Gasteiger partial charge < -0.3 is 9.64 Å². The van der Waals surface area contributed by atoms with E-state index >= 15 is 0 Å². The molecule has 3 heteroatoms. The van der Waals surface area contributed by atoms with Gasteiger partial charge in [-0.3, -0.25) is 4.79 Å². The standard InChI is InChI=1S/C15H17NO2/c1-18-13-4-2-11(3-5-13)10-14-15(17)12-6-8-16(14)9-7-12/h2-5,10,12H,6-9H2,1H3/b14-10-. The fourth-order valence-corrected chi connectivity index (χ4v) is 2.77. The Morgan fingerprint density at radius 1 is 1.22 bits per heavy atom. The second kappa shape index (κ2) is 4.48. The van der Waals surface area contributed by atoms with Crippen molar-refractivity contribution in [3.05, 3.63) is 35.5 Å². The van der Waals surface area contributed by atoms with E-state index in [2.05, 4.69) is 4.90 Å². The average Bonchev–Trinajstić information content (AvgIpc) is 2.44. The lowest BCUT2D eigenvalue weighted by Crippen LogP contribution is -2.45. The number of benzene rings is 1. The predicted molar refractivity (Wildman–Crippen MR) is 70.3 cm³/mol. The van der Waals surface area contributed by atoms with Crippen LogP contribution in [0, 0.1) is 5.92 Å². The Labute approximate surface area is 107 Å². The van der Waals surface area contributed by atoms with E-state index in [0.29, 0.717) is 5.78 Å². The summed E-state index contributed by atoms with van der Waals surface area (Å²) in [6.07, 6.45) is 4.06. The van der Waals surface area contributed by atoms with E-state index in [1.165, 1.54) is 0 Å². The average molecular weight is 243 g/mol. The monoisotopic (exact) mass is 243 g/mol. The molecular weight excluding hydrogens is 226 g/mol. The van der Waals surface area contributed by atoms with Crippen LogP contribution in [0.1, 0.15) is 18.4 Å². The molecule has 3 heterocycles. The van der Waals surface area contributed by atoms with Crippen molar-refractivity contribution in [1.82, 2.24) is 4.90 Å². The molecule has 0 N–H and O–H groups in total. The molecule has 0 radical (unpaired) electrons. The molecule has 3 aliphatic heterocycles. The van der Waals surface area contributed by atoms with E-state index < -0.39 is 0 Å². The van der Waals surface area contributed by atoms with Crippen molar-refractivity contribution in [2.75, 3.05) is 20.2 Å². The predicted octanol–water partition coefficient (Wildman–Crippen LogP) is 2.33. The third kappa shape index (κ3) is 1.90. The summed E-state index contributed by atoms with van der Waals surface area (Å²) in [5.74, 6) is 1.43. The number of hydrogen-bond donors (Lipinski definition) is 0. The largest absolute Gasteiger partial charge is 0.497 e. The first-order valence-corrected chi connectivity index (χ1v) is 6.43. The highest BCUT2D eigenvalue weighted by Crippen LogP contribution is 2.32. The lowest BCUT2D eigenvalue weighted by atomic mass is 9.84. The van der Waals surface area contributed by atoms with Gasteiger partial charge in [0, 0.05) is 19.0 Å². The summed E-state index contributed by atoms with van der Waals surface area (Å²) in [4.78, 5) is 14.4. The van der Waals surface area contributed by atoms with Crippen LogP contribution in [0.2, 0.25) is 0 Å². The molecule has 3 aliphatic rings. The van der Waals surface area contributed by atoms with Crippen LogP contribution in [0.3, 0.4) is 0 Å². The highest BCUT2D eigenvalue weighted by molar-refractivity contribution is 6.01. The van der Waals surface area contributed by atoms with Crippen molar-refractivity contribution in [2.24, 2.45) is 5.92 Å². The van der Waals surface area contributed by atoms with Crippen molar-refractivity contribution in [3.8, 4) is 5.75 Å². The van der Waals surface area contributed by atoms with Gasteiger partial charge in [-0.2, -0.15) is 0 Å². The summed E-state index contributed by atoms with van der Waals surface area (Å²) >= 11 is 0. The Bertz CT molecular complexity index is 482. The Morgan fingerprint density at radius 2 is 1.89 bits per heavy atom. The number of rotatable bonds is 2. The molecule has 0 amide bonds. The van der Waals surface area contributed by atoms with Crippen LogP contribution in [0.5, 0.6) is 5.75 Å². The van der Waals surface area contributed by atoms with Gasteiger partial charge in [0.05, 0.1) is 12.8 Å². The number of Topliss-reactive ketones (excluding diaryl/α,β-unsaturated/α-hetero) is 1. The van der Waals surface area contributed by atoms with Crippen LogP contribution >= 0.6 is 0 Å². The highest BCUT2D eigenvalue weighted by atomic mass is 16.5. The van der Waals surface area contributed by atoms with Crippen molar-refractivity contribution in [3.63, 3.8) is 0 Å². The first-order valence-electron chi connectivity index (χ1n) is 6.43.